The molecule has 0 aromatic carbocycles. The van der Waals surface area contributed by atoms with Crippen LogP contribution in [0.25, 0.3) is 0 Å². The number of hydrogen-bond donors (Lipinski definition) is 2. The number of likely N-dealkylation sites (tertiary alicyclic amines) is 1. The van der Waals surface area contributed by atoms with Crippen molar-refractivity contribution in [2.75, 3.05) is 31.3 Å². The molecule has 1 saturated heterocycles. The summed E-state index contributed by atoms with van der Waals surface area (Å²) in [5.41, 5.74) is 0. The number of halogens is 1. The molecule has 0 amide bonds. The maximum absolute atomic E-state index is 4.30. The van der Waals surface area contributed by atoms with Crippen molar-refractivity contribution in [2.45, 2.75) is 31.8 Å². The van der Waals surface area contributed by atoms with Crippen molar-refractivity contribution in [2.24, 2.45) is 0 Å². The van der Waals surface area contributed by atoms with Gasteiger partial charge in [-0.2, -0.15) is 0 Å². The van der Waals surface area contributed by atoms with Gasteiger partial charge in [-0.05, 0) is 42.7 Å². The first-order valence-electron chi connectivity index (χ1n) is 6.27. The fourth-order valence-electron chi connectivity index (χ4n) is 2.26. The van der Waals surface area contributed by atoms with Crippen molar-refractivity contribution >= 4 is 27.6 Å². The molecule has 0 spiro atoms. The minimum Gasteiger partial charge on any atom is -0.372 e. The lowest BCUT2D eigenvalue weighted by molar-refractivity contribution is 0.190. The van der Waals surface area contributed by atoms with Gasteiger partial charge >= 0.3 is 0 Å². The molecule has 0 saturated carbocycles. The molecular formula is C12H20BrN5. The van der Waals surface area contributed by atoms with Crippen LogP contribution in [0.4, 0.5) is 11.6 Å². The number of piperidine rings is 1. The van der Waals surface area contributed by atoms with Gasteiger partial charge in [-0.25, -0.2) is 9.97 Å². The summed E-state index contributed by atoms with van der Waals surface area (Å²) in [5.74, 6) is 1.68. The van der Waals surface area contributed by atoms with E-state index in [0.29, 0.717) is 12.1 Å². The van der Waals surface area contributed by atoms with Crippen LogP contribution in [-0.4, -0.2) is 47.6 Å². The summed E-state index contributed by atoms with van der Waals surface area (Å²) in [7, 11) is 4.04. The van der Waals surface area contributed by atoms with Gasteiger partial charge in [-0.3, -0.25) is 0 Å². The normalized spacial score (nSPS) is 24.9. The van der Waals surface area contributed by atoms with E-state index in [1.165, 1.54) is 0 Å². The van der Waals surface area contributed by atoms with Crippen LogP contribution in [0.3, 0.4) is 0 Å². The predicted molar refractivity (Wildman–Crippen MR) is 78.0 cm³/mol. The molecule has 1 aliphatic rings. The van der Waals surface area contributed by atoms with Crippen LogP contribution in [0.1, 0.15) is 19.8 Å². The van der Waals surface area contributed by atoms with Gasteiger partial charge < -0.3 is 15.5 Å². The zero-order chi connectivity index (χ0) is 13.1. The van der Waals surface area contributed by atoms with E-state index in [-0.39, 0.29) is 0 Å². The van der Waals surface area contributed by atoms with Crippen LogP contribution in [0.5, 0.6) is 0 Å². The molecule has 100 valence electrons. The molecule has 1 aliphatic heterocycles. The molecular weight excluding hydrogens is 294 g/mol. The standard InChI is InChI=1S/C12H20BrN5/c1-8-6-9(4-5-18(8)3)17-12-10(13)11(14-2)15-7-16-12/h7-9H,4-6H2,1-3H3,(H2,14,15,16,17). The summed E-state index contributed by atoms with van der Waals surface area (Å²) >= 11 is 3.53. The smallest absolute Gasteiger partial charge is 0.146 e. The molecule has 18 heavy (non-hydrogen) atoms. The van der Waals surface area contributed by atoms with Crippen LogP contribution >= 0.6 is 15.9 Å². The highest BCUT2D eigenvalue weighted by Crippen LogP contribution is 2.28. The largest absolute Gasteiger partial charge is 0.372 e. The quantitative estimate of drug-likeness (QED) is 0.895. The van der Waals surface area contributed by atoms with Gasteiger partial charge in [0.05, 0.1) is 0 Å². The van der Waals surface area contributed by atoms with Crippen LogP contribution < -0.4 is 10.6 Å². The Morgan fingerprint density at radius 3 is 2.78 bits per heavy atom. The third-order valence-corrected chi connectivity index (χ3v) is 4.33. The van der Waals surface area contributed by atoms with E-state index in [2.05, 4.69) is 55.4 Å². The van der Waals surface area contributed by atoms with E-state index in [1.54, 1.807) is 6.33 Å². The van der Waals surface area contributed by atoms with Gasteiger partial charge in [0, 0.05) is 25.7 Å². The number of hydrogen-bond acceptors (Lipinski definition) is 5. The number of nitrogens with one attached hydrogen (secondary N) is 2. The molecule has 1 aromatic heterocycles. The molecule has 0 radical (unpaired) electrons. The summed E-state index contributed by atoms with van der Waals surface area (Å²) < 4.78 is 0.902. The summed E-state index contributed by atoms with van der Waals surface area (Å²) in [6.07, 6.45) is 3.87. The average molecular weight is 314 g/mol. The Morgan fingerprint density at radius 2 is 2.11 bits per heavy atom. The first-order chi connectivity index (χ1) is 8.61. The van der Waals surface area contributed by atoms with Gasteiger partial charge in [0.25, 0.3) is 0 Å². The zero-order valence-corrected chi connectivity index (χ0v) is 12.7. The summed E-state index contributed by atoms with van der Waals surface area (Å²) in [4.78, 5) is 10.9. The van der Waals surface area contributed by atoms with E-state index < -0.39 is 0 Å². The fraction of sp³-hybridized carbons (Fsp3) is 0.667. The van der Waals surface area contributed by atoms with Crippen molar-refractivity contribution in [3.8, 4) is 0 Å². The molecule has 1 aromatic rings. The first-order valence-corrected chi connectivity index (χ1v) is 7.06. The minimum absolute atomic E-state index is 0.479. The van der Waals surface area contributed by atoms with E-state index in [4.69, 9.17) is 0 Å². The molecule has 0 aliphatic carbocycles. The SMILES string of the molecule is CNc1ncnc(NC2CCN(C)C(C)C2)c1Br. The topological polar surface area (TPSA) is 53.1 Å². The number of aromatic nitrogens is 2. The number of nitrogens with zero attached hydrogens (tertiary/aromatic N) is 3. The van der Waals surface area contributed by atoms with Gasteiger partial charge in [0.1, 0.15) is 22.4 Å². The highest BCUT2D eigenvalue weighted by molar-refractivity contribution is 9.10. The molecule has 2 unspecified atom stereocenters. The average Bonchev–Trinajstić information content (AvgIpc) is 2.36. The molecule has 2 N–H and O–H groups in total. The van der Waals surface area contributed by atoms with Gasteiger partial charge in [-0.15, -0.1) is 0 Å². The van der Waals surface area contributed by atoms with E-state index in [1.807, 2.05) is 7.05 Å². The molecule has 2 atom stereocenters. The van der Waals surface area contributed by atoms with Gasteiger partial charge in [0.2, 0.25) is 0 Å². The van der Waals surface area contributed by atoms with E-state index >= 15 is 0 Å². The van der Waals surface area contributed by atoms with Gasteiger partial charge in [-0.1, -0.05) is 0 Å². The van der Waals surface area contributed by atoms with Crippen LogP contribution in [0, 0.1) is 0 Å². The maximum atomic E-state index is 4.30. The van der Waals surface area contributed by atoms with Gasteiger partial charge in [0.15, 0.2) is 0 Å². The lowest BCUT2D eigenvalue weighted by Crippen LogP contribution is -2.42. The zero-order valence-electron chi connectivity index (χ0n) is 11.1. The second-order valence-electron chi connectivity index (χ2n) is 4.83. The Bertz CT molecular complexity index is 411. The van der Waals surface area contributed by atoms with Crippen molar-refractivity contribution in [1.82, 2.24) is 14.9 Å². The number of anilines is 2. The molecule has 1 fully saturated rings. The van der Waals surface area contributed by atoms with E-state index in [9.17, 15) is 0 Å². The predicted octanol–water partition coefficient (Wildman–Crippen LogP) is 2.18. The maximum Gasteiger partial charge on any atom is 0.146 e. The second-order valence-corrected chi connectivity index (χ2v) is 5.62. The van der Waals surface area contributed by atoms with Crippen LogP contribution in [0.2, 0.25) is 0 Å². The minimum atomic E-state index is 0.479. The molecule has 5 nitrogen and oxygen atoms in total. The third-order valence-electron chi connectivity index (χ3n) is 3.58. The number of rotatable bonds is 3. The highest BCUT2D eigenvalue weighted by atomic mass is 79.9. The Kier molecular flexibility index (Phi) is 4.40. The lowest BCUT2D eigenvalue weighted by atomic mass is 9.99. The van der Waals surface area contributed by atoms with Crippen LogP contribution in [0.15, 0.2) is 10.8 Å². The van der Waals surface area contributed by atoms with Crippen molar-refractivity contribution in [3.05, 3.63) is 10.8 Å². The lowest BCUT2D eigenvalue weighted by Gasteiger charge is -2.35. The molecule has 0 bridgehead atoms. The van der Waals surface area contributed by atoms with Crippen molar-refractivity contribution < 1.29 is 0 Å². The summed E-state index contributed by atoms with van der Waals surface area (Å²) in [6, 6.07) is 1.09. The van der Waals surface area contributed by atoms with E-state index in [0.717, 1.165) is 35.5 Å². The molecule has 6 heteroatoms. The molecule has 2 rings (SSSR count). The van der Waals surface area contributed by atoms with Crippen molar-refractivity contribution in [1.29, 1.82) is 0 Å². The first kappa shape index (κ1) is 13.5. The Balaban J connectivity index is 2.06. The summed E-state index contributed by atoms with van der Waals surface area (Å²) in [5, 5.41) is 6.55. The monoisotopic (exact) mass is 313 g/mol. The Morgan fingerprint density at radius 1 is 1.39 bits per heavy atom. The second kappa shape index (κ2) is 5.84. The summed E-state index contributed by atoms with van der Waals surface area (Å²) in [6.45, 7) is 3.39. The van der Waals surface area contributed by atoms with Crippen molar-refractivity contribution in [3.63, 3.8) is 0 Å². The highest BCUT2D eigenvalue weighted by Gasteiger charge is 2.23. The fourth-order valence-corrected chi connectivity index (χ4v) is 2.78. The Hall–Kier alpha value is -0.880. The van der Waals surface area contributed by atoms with Crippen LogP contribution in [-0.2, 0) is 0 Å². The third kappa shape index (κ3) is 2.92. The molecule has 2 heterocycles. The Labute approximate surface area is 117 Å².